The Labute approximate surface area is 94.7 Å². The molecule has 0 aliphatic rings. The van der Waals surface area contributed by atoms with Crippen LogP contribution in [0.4, 0.5) is 0 Å². The van der Waals surface area contributed by atoms with E-state index in [2.05, 4.69) is 32.4 Å². The van der Waals surface area contributed by atoms with Crippen LogP contribution in [0.1, 0.15) is 10.9 Å². The lowest BCUT2D eigenvalue weighted by atomic mass is 10.2. The third-order valence-corrected chi connectivity index (χ3v) is 3.82. The molecule has 1 unspecified atom stereocenters. The Morgan fingerprint density at radius 3 is 3.00 bits per heavy atom. The Hall–Kier alpha value is -0.650. The van der Waals surface area contributed by atoms with Crippen LogP contribution in [0.3, 0.4) is 0 Å². The molecule has 0 saturated carbocycles. The summed E-state index contributed by atoms with van der Waals surface area (Å²) < 4.78 is 3.13. The van der Waals surface area contributed by atoms with Gasteiger partial charge < -0.3 is 10.3 Å². The molecule has 74 valence electrons. The third-order valence-electron chi connectivity index (χ3n) is 2.02. The van der Waals surface area contributed by atoms with E-state index in [1.54, 1.807) is 23.9 Å². The minimum atomic E-state index is 0.203. The van der Waals surface area contributed by atoms with Gasteiger partial charge in [0.2, 0.25) is 0 Å². The van der Waals surface area contributed by atoms with Crippen molar-refractivity contribution >= 4 is 27.3 Å². The Kier molecular flexibility index (Phi) is 3.00. The summed E-state index contributed by atoms with van der Waals surface area (Å²) in [4.78, 5) is 5.27. The predicted octanol–water partition coefficient (Wildman–Crippen LogP) is 2.26. The topological polar surface area (TPSA) is 43.8 Å². The van der Waals surface area contributed by atoms with Crippen molar-refractivity contribution in [3.8, 4) is 0 Å². The number of aromatic nitrogens is 2. The van der Waals surface area contributed by atoms with Gasteiger partial charge in [-0.15, -0.1) is 11.3 Å². The van der Waals surface area contributed by atoms with E-state index in [1.165, 1.54) is 4.88 Å². The van der Waals surface area contributed by atoms with Crippen LogP contribution in [-0.4, -0.2) is 16.1 Å². The van der Waals surface area contributed by atoms with E-state index < -0.39 is 0 Å². The number of nitrogens with zero attached hydrogens (tertiary/aromatic N) is 2. The summed E-state index contributed by atoms with van der Waals surface area (Å²) >= 11 is 5.14. The molecular formula is C9H10BrN3S. The average molecular weight is 272 g/mol. The first kappa shape index (κ1) is 9.89. The van der Waals surface area contributed by atoms with Crippen LogP contribution in [0.5, 0.6) is 0 Å². The van der Waals surface area contributed by atoms with Gasteiger partial charge in [-0.3, -0.25) is 0 Å². The zero-order valence-corrected chi connectivity index (χ0v) is 9.83. The second-order valence-electron chi connectivity index (χ2n) is 2.93. The summed E-state index contributed by atoms with van der Waals surface area (Å²) in [5, 5.41) is 2.06. The van der Waals surface area contributed by atoms with Gasteiger partial charge in [-0.1, -0.05) is 0 Å². The van der Waals surface area contributed by atoms with Gasteiger partial charge in [0.05, 0.1) is 12.4 Å². The van der Waals surface area contributed by atoms with Gasteiger partial charge in [0.1, 0.15) is 0 Å². The predicted molar refractivity (Wildman–Crippen MR) is 61.4 cm³/mol. The van der Waals surface area contributed by atoms with Crippen molar-refractivity contribution in [3.05, 3.63) is 39.5 Å². The molecule has 3 nitrogen and oxygen atoms in total. The first-order valence-corrected chi connectivity index (χ1v) is 5.90. The highest BCUT2D eigenvalue weighted by Gasteiger charge is 2.12. The molecule has 5 heteroatoms. The molecule has 2 heterocycles. The number of halogens is 1. The maximum atomic E-state index is 5.75. The molecule has 0 bridgehead atoms. The molecule has 0 saturated heterocycles. The largest absolute Gasteiger partial charge is 0.328 e. The monoisotopic (exact) mass is 271 g/mol. The number of rotatable bonds is 3. The van der Waals surface area contributed by atoms with Gasteiger partial charge in [-0.2, -0.15) is 0 Å². The molecule has 2 rings (SSSR count). The molecule has 0 aliphatic heterocycles. The van der Waals surface area contributed by atoms with Crippen LogP contribution in [0.2, 0.25) is 0 Å². The summed E-state index contributed by atoms with van der Waals surface area (Å²) in [6, 6.07) is 2.30. The first-order valence-electron chi connectivity index (χ1n) is 4.22. The quantitative estimate of drug-likeness (QED) is 0.931. The van der Waals surface area contributed by atoms with Crippen molar-refractivity contribution in [1.29, 1.82) is 0 Å². The molecule has 0 aliphatic carbocycles. The van der Waals surface area contributed by atoms with Crippen LogP contribution >= 0.6 is 27.3 Å². The molecule has 1 atom stereocenters. The number of hydrogen-bond acceptors (Lipinski definition) is 3. The summed E-state index contributed by atoms with van der Waals surface area (Å²) in [6.45, 7) is 0.587. The second kappa shape index (κ2) is 4.25. The van der Waals surface area contributed by atoms with E-state index in [9.17, 15) is 0 Å². The minimum absolute atomic E-state index is 0.203. The summed E-state index contributed by atoms with van der Waals surface area (Å²) in [5.74, 6) is 0. The molecule has 2 aromatic heterocycles. The molecular weight excluding hydrogens is 262 g/mol. The number of thiophene rings is 1. The molecule has 14 heavy (non-hydrogen) atoms. The first-order chi connectivity index (χ1) is 6.81. The van der Waals surface area contributed by atoms with Gasteiger partial charge >= 0.3 is 0 Å². The van der Waals surface area contributed by atoms with Crippen molar-refractivity contribution in [2.45, 2.75) is 6.04 Å². The van der Waals surface area contributed by atoms with Crippen LogP contribution in [0, 0.1) is 0 Å². The summed E-state index contributed by atoms with van der Waals surface area (Å²) in [5.41, 5.74) is 5.75. The van der Waals surface area contributed by atoms with Crippen molar-refractivity contribution in [2.24, 2.45) is 5.73 Å². The fraction of sp³-hybridized carbons (Fsp3) is 0.222. The van der Waals surface area contributed by atoms with Gasteiger partial charge in [0.25, 0.3) is 0 Å². The van der Waals surface area contributed by atoms with E-state index in [1.807, 2.05) is 10.8 Å². The standard InChI is InChI=1S/C9H10BrN3S/c10-7-3-9(14-5-7)8(4-11)13-2-1-12-6-13/h1-3,5-6,8H,4,11H2. The Balaban J connectivity index is 2.31. The number of imidazole rings is 1. The van der Waals surface area contributed by atoms with Crippen molar-refractivity contribution < 1.29 is 0 Å². The molecule has 0 aromatic carbocycles. The van der Waals surface area contributed by atoms with Crippen molar-refractivity contribution in [2.75, 3.05) is 6.54 Å². The fourth-order valence-corrected chi connectivity index (χ4v) is 2.91. The van der Waals surface area contributed by atoms with Crippen LogP contribution < -0.4 is 5.73 Å². The minimum Gasteiger partial charge on any atom is -0.328 e. The lowest BCUT2D eigenvalue weighted by Gasteiger charge is -2.13. The molecule has 2 N–H and O–H groups in total. The van der Waals surface area contributed by atoms with Crippen LogP contribution in [-0.2, 0) is 0 Å². The summed E-state index contributed by atoms with van der Waals surface area (Å²) in [6.07, 6.45) is 5.50. The average Bonchev–Trinajstić information content (AvgIpc) is 2.79. The fourth-order valence-electron chi connectivity index (χ4n) is 1.34. The highest BCUT2D eigenvalue weighted by molar-refractivity contribution is 9.10. The normalized spacial score (nSPS) is 13.0. The van der Waals surface area contributed by atoms with Crippen molar-refractivity contribution in [3.63, 3.8) is 0 Å². The molecule has 0 radical (unpaired) electrons. The zero-order chi connectivity index (χ0) is 9.97. The van der Waals surface area contributed by atoms with E-state index in [4.69, 9.17) is 5.73 Å². The highest BCUT2D eigenvalue weighted by atomic mass is 79.9. The second-order valence-corrected chi connectivity index (χ2v) is 4.79. The Bertz CT molecular complexity index is 396. The lowest BCUT2D eigenvalue weighted by molar-refractivity contribution is 0.604. The highest BCUT2D eigenvalue weighted by Crippen LogP contribution is 2.27. The molecule has 0 spiro atoms. The van der Waals surface area contributed by atoms with E-state index in [0.717, 1.165) is 4.47 Å². The van der Waals surface area contributed by atoms with Gasteiger partial charge in [0, 0.05) is 33.7 Å². The van der Waals surface area contributed by atoms with E-state index >= 15 is 0 Å². The maximum absolute atomic E-state index is 5.75. The summed E-state index contributed by atoms with van der Waals surface area (Å²) in [7, 11) is 0. The van der Waals surface area contributed by atoms with Crippen LogP contribution in [0.15, 0.2) is 34.6 Å². The van der Waals surface area contributed by atoms with Gasteiger partial charge in [-0.25, -0.2) is 4.98 Å². The van der Waals surface area contributed by atoms with E-state index in [0.29, 0.717) is 6.54 Å². The molecule has 2 aromatic rings. The number of nitrogens with two attached hydrogens (primary N) is 1. The molecule has 0 fully saturated rings. The maximum Gasteiger partial charge on any atom is 0.0952 e. The van der Waals surface area contributed by atoms with Gasteiger partial charge in [0.15, 0.2) is 0 Å². The SMILES string of the molecule is NCC(c1cc(Br)cs1)n1ccnc1. The van der Waals surface area contributed by atoms with E-state index in [-0.39, 0.29) is 6.04 Å². The lowest BCUT2D eigenvalue weighted by Crippen LogP contribution is -2.18. The van der Waals surface area contributed by atoms with Gasteiger partial charge in [-0.05, 0) is 22.0 Å². The smallest absolute Gasteiger partial charge is 0.0952 e. The Morgan fingerprint density at radius 2 is 2.50 bits per heavy atom. The third kappa shape index (κ3) is 1.89. The Morgan fingerprint density at radius 1 is 1.64 bits per heavy atom. The zero-order valence-electron chi connectivity index (χ0n) is 7.43. The molecule has 0 amide bonds. The van der Waals surface area contributed by atoms with Crippen LogP contribution in [0.25, 0.3) is 0 Å². The van der Waals surface area contributed by atoms with Crippen molar-refractivity contribution in [1.82, 2.24) is 9.55 Å². The number of hydrogen-bond donors (Lipinski definition) is 1.